The average molecular weight is 414 g/mol. The number of hydrogen-bond donors (Lipinski definition) is 1. The van der Waals surface area contributed by atoms with Crippen LogP contribution in [0.3, 0.4) is 0 Å². The Morgan fingerprint density at radius 2 is 1.93 bits per heavy atom. The predicted molar refractivity (Wildman–Crippen MR) is 96.8 cm³/mol. The molecule has 1 N–H and O–H groups in total. The van der Waals surface area contributed by atoms with E-state index in [1.165, 1.54) is 18.2 Å². The molecule has 2 aliphatic heterocycles. The van der Waals surface area contributed by atoms with Crippen LogP contribution >= 0.6 is 0 Å². The number of amides is 1. The number of esters is 1. The number of nitrogens with one attached hydrogen (secondary N) is 1. The quantitative estimate of drug-likeness (QED) is 0.761. The number of benzene rings is 1. The van der Waals surface area contributed by atoms with Gasteiger partial charge in [0, 0.05) is 37.6 Å². The zero-order chi connectivity index (χ0) is 20.7. The topological polar surface area (TPSA) is 92.8 Å². The van der Waals surface area contributed by atoms with E-state index in [1.807, 2.05) is 0 Å². The van der Waals surface area contributed by atoms with Crippen LogP contribution in [0.25, 0.3) is 0 Å². The number of nitrogens with zero attached hydrogens (tertiary/aromatic N) is 1. The Kier molecular flexibility index (Phi) is 5.28. The maximum Gasteiger partial charge on any atom is 0.335 e. The summed E-state index contributed by atoms with van der Waals surface area (Å²) in [5.74, 6) is -3.19. The molecule has 7 nitrogen and oxygen atoms in total. The van der Waals surface area contributed by atoms with Gasteiger partial charge in [0.15, 0.2) is 0 Å². The Morgan fingerprint density at radius 1 is 1.29 bits per heavy atom. The van der Waals surface area contributed by atoms with Crippen LogP contribution in [-0.4, -0.2) is 49.0 Å². The number of hydrogen-bond acceptors (Lipinski definition) is 5. The third kappa shape index (κ3) is 3.53. The van der Waals surface area contributed by atoms with Crippen molar-refractivity contribution in [1.29, 1.82) is 0 Å². The molecule has 1 amide bonds. The monoisotopic (exact) mass is 414 g/mol. The maximum absolute atomic E-state index is 13.9. The lowest BCUT2D eigenvalue weighted by atomic mass is 9.83. The summed E-state index contributed by atoms with van der Waals surface area (Å²) in [5, 5.41) is 2.35. The first-order valence-corrected chi connectivity index (χ1v) is 10.4. The van der Waals surface area contributed by atoms with Gasteiger partial charge in [-0.2, -0.15) is 0 Å². The minimum atomic E-state index is -3.40. The largest absolute Gasteiger partial charge is 0.450 e. The van der Waals surface area contributed by atoms with Crippen LogP contribution < -0.4 is 5.32 Å². The summed E-state index contributed by atoms with van der Waals surface area (Å²) in [6.07, 6.45) is 0.230. The van der Waals surface area contributed by atoms with E-state index in [1.54, 1.807) is 0 Å². The Morgan fingerprint density at radius 3 is 2.50 bits per heavy atom. The van der Waals surface area contributed by atoms with Crippen molar-refractivity contribution in [3.05, 3.63) is 41.0 Å². The summed E-state index contributed by atoms with van der Waals surface area (Å²) >= 11 is 0. The van der Waals surface area contributed by atoms with Crippen LogP contribution in [0.15, 0.2) is 29.3 Å². The van der Waals surface area contributed by atoms with Crippen LogP contribution in [0, 0.1) is 11.6 Å². The smallest absolute Gasteiger partial charge is 0.335 e. The highest BCUT2D eigenvalue weighted by atomic mass is 32.2. The van der Waals surface area contributed by atoms with Gasteiger partial charge in [0.25, 0.3) is 5.91 Å². The van der Waals surface area contributed by atoms with Crippen molar-refractivity contribution in [2.75, 3.05) is 24.2 Å². The zero-order valence-electron chi connectivity index (χ0n) is 15.4. The van der Waals surface area contributed by atoms with Crippen LogP contribution in [0.5, 0.6) is 0 Å². The number of carbonyl (C=O) groups excluding carboxylic acids is 2. The summed E-state index contributed by atoms with van der Waals surface area (Å²) in [4.78, 5) is 25.0. The van der Waals surface area contributed by atoms with Gasteiger partial charge < -0.3 is 10.1 Å². The molecule has 28 heavy (non-hydrogen) atoms. The first kappa shape index (κ1) is 20.4. The highest BCUT2D eigenvalue weighted by molar-refractivity contribution is 7.89. The average Bonchev–Trinajstić information content (AvgIpc) is 2.87. The summed E-state index contributed by atoms with van der Waals surface area (Å²) in [6, 6.07) is 2.72. The third-order valence-corrected chi connectivity index (χ3v) is 7.00. The Bertz CT molecular complexity index is 966. The molecule has 0 aromatic heterocycles. The fourth-order valence-electron chi connectivity index (χ4n) is 3.56. The van der Waals surface area contributed by atoms with E-state index in [2.05, 4.69) is 5.32 Å². The first-order valence-electron chi connectivity index (χ1n) is 8.78. The number of carbonyl (C=O) groups is 2. The van der Waals surface area contributed by atoms with Gasteiger partial charge in [0.05, 0.1) is 17.0 Å². The Balaban J connectivity index is 1.86. The van der Waals surface area contributed by atoms with Gasteiger partial charge >= 0.3 is 5.97 Å². The van der Waals surface area contributed by atoms with Crippen molar-refractivity contribution in [2.45, 2.75) is 32.3 Å². The standard InChI is InChI=1S/C18H20F2N2O5S/c1-3-28(25,26)22-8-6-18(7-9-22)15(11(2)17(24)27-18)16(23)21-14-5-4-12(19)10-13(14)20/h4-5,10H,3,6-9H2,1-2H3,(H,21,23). The van der Waals surface area contributed by atoms with E-state index >= 15 is 0 Å². The minimum Gasteiger partial charge on any atom is -0.450 e. The number of anilines is 1. The molecule has 2 heterocycles. The van der Waals surface area contributed by atoms with Gasteiger partial charge in [0.1, 0.15) is 17.2 Å². The normalized spacial score (nSPS) is 19.8. The van der Waals surface area contributed by atoms with E-state index < -0.39 is 39.1 Å². The lowest BCUT2D eigenvalue weighted by molar-refractivity contribution is -0.149. The number of halogens is 2. The summed E-state index contributed by atoms with van der Waals surface area (Å²) in [6.45, 7) is 3.16. The van der Waals surface area contributed by atoms with E-state index in [0.29, 0.717) is 6.07 Å². The molecule has 1 aromatic rings. The van der Waals surface area contributed by atoms with Gasteiger partial charge in [-0.1, -0.05) is 0 Å². The maximum atomic E-state index is 13.9. The molecule has 0 aliphatic carbocycles. The molecule has 10 heteroatoms. The second kappa shape index (κ2) is 7.25. The van der Waals surface area contributed by atoms with E-state index in [-0.39, 0.29) is 48.5 Å². The van der Waals surface area contributed by atoms with E-state index in [9.17, 15) is 26.8 Å². The molecule has 1 aromatic carbocycles. The van der Waals surface area contributed by atoms with Crippen molar-refractivity contribution in [2.24, 2.45) is 0 Å². The molecule has 3 rings (SSSR count). The van der Waals surface area contributed by atoms with Gasteiger partial charge in [-0.15, -0.1) is 0 Å². The van der Waals surface area contributed by atoms with Crippen LogP contribution in [0.4, 0.5) is 14.5 Å². The van der Waals surface area contributed by atoms with Crippen LogP contribution in [-0.2, 0) is 24.3 Å². The van der Waals surface area contributed by atoms with Crippen molar-refractivity contribution in [3.63, 3.8) is 0 Å². The predicted octanol–water partition coefficient (Wildman–Crippen LogP) is 1.96. The SMILES string of the molecule is CCS(=O)(=O)N1CCC2(CC1)OC(=O)C(C)=C2C(=O)Nc1ccc(F)cc1F. The number of piperidine rings is 1. The first-order chi connectivity index (χ1) is 13.1. The fourth-order valence-corrected chi connectivity index (χ4v) is 4.67. The molecule has 0 saturated carbocycles. The molecular weight excluding hydrogens is 394 g/mol. The van der Waals surface area contributed by atoms with Gasteiger partial charge in [-0.25, -0.2) is 26.3 Å². The van der Waals surface area contributed by atoms with Gasteiger partial charge in [0.2, 0.25) is 10.0 Å². The lowest BCUT2D eigenvalue weighted by Gasteiger charge is -2.38. The fraction of sp³-hybridized carbons (Fsp3) is 0.444. The van der Waals surface area contributed by atoms with Crippen LogP contribution in [0.2, 0.25) is 0 Å². The number of ether oxygens (including phenoxy) is 1. The molecule has 1 spiro atoms. The van der Waals surface area contributed by atoms with Crippen molar-refractivity contribution < 1.29 is 31.5 Å². The van der Waals surface area contributed by atoms with Gasteiger partial charge in [-0.05, 0) is 26.0 Å². The van der Waals surface area contributed by atoms with E-state index in [0.717, 1.165) is 12.1 Å². The molecule has 0 unspecified atom stereocenters. The molecule has 2 aliphatic rings. The van der Waals surface area contributed by atoms with Crippen molar-refractivity contribution in [3.8, 4) is 0 Å². The Labute approximate surface area is 161 Å². The molecule has 0 atom stereocenters. The highest BCUT2D eigenvalue weighted by Gasteiger charge is 2.51. The lowest BCUT2D eigenvalue weighted by Crippen LogP contribution is -2.49. The molecule has 152 valence electrons. The second-order valence-electron chi connectivity index (χ2n) is 6.76. The third-order valence-electron chi connectivity index (χ3n) is 5.12. The van der Waals surface area contributed by atoms with Crippen molar-refractivity contribution in [1.82, 2.24) is 4.31 Å². The zero-order valence-corrected chi connectivity index (χ0v) is 16.2. The highest BCUT2D eigenvalue weighted by Crippen LogP contribution is 2.42. The molecule has 0 radical (unpaired) electrons. The number of rotatable bonds is 4. The molecule has 1 fully saturated rings. The Hall–Kier alpha value is -2.33. The molecule has 1 saturated heterocycles. The molecule has 0 bridgehead atoms. The summed E-state index contributed by atoms with van der Waals surface area (Å²) in [7, 11) is -3.40. The summed E-state index contributed by atoms with van der Waals surface area (Å²) in [5.41, 5.74) is -1.35. The van der Waals surface area contributed by atoms with Crippen LogP contribution in [0.1, 0.15) is 26.7 Å². The number of sulfonamides is 1. The van der Waals surface area contributed by atoms with E-state index in [4.69, 9.17) is 4.74 Å². The second-order valence-corrected chi connectivity index (χ2v) is 9.02. The van der Waals surface area contributed by atoms with Gasteiger partial charge in [-0.3, -0.25) is 4.79 Å². The molecular formula is C18H20F2N2O5S. The minimum absolute atomic E-state index is 0.0498. The van der Waals surface area contributed by atoms with Crippen molar-refractivity contribution >= 4 is 27.6 Å². The summed E-state index contributed by atoms with van der Waals surface area (Å²) < 4.78 is 57.8.